The Morgan fingerprint density at radius 1 is 1.29 bits per heavy atom. The maximum atomic E-state index is 14.2. The SMILES string of the molecule is CCC1[C@H](n2cnc3c(OC)nc(N)nc32)O[C@H](COP2(=O)NC(C(=O)OC3CCCC3)Cc3ccccc3S2)[C@H]1O. The molecule has 2 aromatic heterocycles. The number of nitrogens with one attached hydrogen (secondary N) is 1. The summed E-state index contributed by atoms with van der Waals surface area (Å²) in [7, 11) is 1.47. The molecule has 3 aliphatic rings. The fraction of sp³-hybridized carbons (Fsp3) is 0.556. The Labute approximate surface area is 247 Å². The third-order valence-corrected chi connectivity index (χ3v) is 11.9. The van der Waals surface area contributed by atoms with E-state index >= 15 is 0 Å². The van der Waals surface area contributed by atoms with Crippen molar-refractivity contribution in [2.45, 2.75) is 80.9 Å². The molecule has 0 radical (unpaired) electrons. The number of nitrogen functional groups attached to an aromatic ring is 1. The molecule has 226 valence electrons. The van der Waals surface area contributed by atoms with Gasteiger partial charge in [-0.25, -0.2) is 10.1 Å². The van der Waals surface area contributed by atoms with Crippen molar-refractivity contribution in [3.05, 3.63) is 36.2 Å². The number of aliphatic hydroxyl groups is 1. The molecule has 0 bridgehead atoms. The lowest BCUT2D eigenvalue weighted by Gasteiger charge is -2.24. The summed E-state index contributed by atoms with van der Waals surface area (Å²) in [5, 5.41) is 14.2. The summed E-state index contributed by atoms with van der Waals surface area (Å²) in [6, 6.07) is 6.68. The zero-order valence-electron chi connectivity index (χ0n) is 23.4. The number of carbonyl (C=O) groups is 1. The Balaban J connectivity index is 1.21. The first-order chi connectivity index (χ1) is 20.3. The van der Waals surface area contributed by atoms with Crippen LogP contribution in [0.15, 0.2) is 35.5 Å². The number of rotatable bonds is 8. The van der Waals surface area contributed by atoms with Crippen LogP contribution in [0.4, 0.5) is 5.95 Å². The van der Waals surface area contributed by atoms with Gasteiger partial charge in [0.1, 0.15) is 24.5 Å². The van der Waals surface area contributed by atoms with Crippen molar-refractivity contribution < 1.29 is 33.2 Å². The van der Waals surface area contributed by atoms with Gasteiger partial charge in [0.25, 0.3) is 0 Å². The lowest BCUT2D eigenvalue weighted by molar-refractivity contribution is -0.150. The van der Waals surface area contributed by atoms with Gasteiger partial charge in [-0.3, -0.25) is 13.9 Å². The average molecular weight is 619 g/mol. The van der Waals surface area contributed by atoms with Crippen LogP contribution in [0.2, 0.25) is 0 Å². The Bertz CT molecular complexity index is 1500. The number of imidazole rings is 1. The van der Waals surface area contributed by atoms with Crippen molar-refractivity contribution in [3.8, 4) is 5.88 Å². The van der Waals surface area contributed by atoms with Gasteiger partial charge < -0.3 is 29.6 Å². The topological polar surface area (TPSA) is 173 Å². The first-order valence-electron chi connectivity index (χ1n) is 14.2. The number of aliphatic hydroxyl groups excluding tert-OH is 1. The van der Waals surface area contributed by atoms with E-state index in [1.807, 2.05) is 31.2 Å². The van der Waals surface area contributed by atoms with Crippen LogP contribution >= 0.6 is 18.1 Å². The van der Waals surface area contributed by atoms with Crippen LogP contribution < -0.4 is 15.6 Å². The number of aromatic nitrogens is 4. The highest BCUT2D eigenvalue weighted by molar-refractivity contribution is 8.56. The zero-order chi connectivity index (χ0) is 29.4. The van der Waals surface area contributed by atoms with Gasteiger partial charge in [-0.2, -0.15) is 9.97 Å². The molecule has 1 aliphatic carbocycles. The van der Waals surface area contributed by atoms with Gasteiger partial charge in [-0.15, -0.1) is 0 Å². The number of nitrogens with two attached hydrogens (primary N) is 1. The molecule has 3 aromatic rings. The first kappa shape index (κ1) is 29.3. The molecule has 3 unspecified atom stereocenters. The Hall–Kier alpha value is -2.74. The third kappa shape index (κ3) is 5.76. The minimum Gasteiger partial charge on any atom is -0.479 e. The smallest absolute Gasteiger partial charge is 0.332 e. The maximum absolute atomic E-state index is 14.2. The van der Waals surface area contributed by atoms with Crippen LogP contribution in [0.25, 0.3) is 11.2 Å². The summed E-state index contributed by atoms with van der Waals surface area (Å²) in [6.45, 7) is -1.92. The van der Waals surface area contributed by atoms with Crippen molar-refractivity contribution in [2.75, 3.05) is 19.5 Å². The van der Waals surface area contributed by atoms with Crippen molar-refractivity contribution >= 4 is 41.2 Å². The summed E-state index contributed by atoms with van der Waals surface area (Å²) >= 11 is 1.06. The second-order valence-electron chi connectivity index (χ2n) is 10.8. The predicted octanol–water partition coefficient (Wildman–Crippen LogP) is 3.62. The van der Waals surface area contributed by atoms with Crippen LogP contribution in [0.3, 0.4) is 0 Å². The van der Waals surface area contributed by atoms with Gasteiger partial charge in [-0.05, 0) is 55.1 Å². The van der Waals surface area contributed by atoms with Gasteiger partial charge in [0.2, 0.25) is 11.8 Å². The molecule has 13 nitrogen and oxygen atoms in total. The quantitative estimate of drug-likeness (QED) is 0.247. The van der Waals surface area contributed by atoms with Crippen LogP contribution in [0.1, 0.15) is 50.8 Å². The minimum atomic E-state index is -3.69. The van der Waals surface area contributed by atoms with E-state index in [1.54, 1.807) is 10.9 Å². The molecule has 4 heterocycles. The lowest BCUT2D eigenvalue weighted by Crippen LogP contribution is -2.39. The molecule has 6 rings (SSSR count). The molecule has 1 saturated carbocycles. The fourth-order valence-corrected chi connectivity index (χ4v) is 9.85. The number of ether oxygens (including phenoxy) is 3. The monoisotopic (exact) mass is 618 g/mol. The highest BCUT2D eigenvalue weighted by atomic mass is 32.7. The highest BCUT2D eigenvalue weighted by Gasteiger charge is 2.46. The van der Waals surface area contributed by atoms with Gasteiger partial charge in [-0.1, -0.05) is 25.1 Å². The first-order valence-corrected chi connectivity index (χ1v) is 17.2. The van der Waals surface area contributed by atoms with Crippen molar-refractivity contribution in [3.63, 3.8) is 0 Å². The molecule has 4 N–H and O–H groups in total. The number of esters is 1. The number of hydrogen-bond donors (Lipinski definition) is 3. The second-order valence-corrected chi connectivity index (χ2v) is 14.9. The molecular formula is C27H35N6O7PS. The molecule has 15 heteroatoms. The molecule has 42 heavy (non-hydrogen) atoms. The highest BCUT2D eigenvalue weighted by Crippen LogP contribution is 2.62. The van der Waals surface area contributed by atoms with E-state index in [9.17, 15) is 14.5 Å². The Kier molecular flexibility index (Phi) is 8.45. The van der Waals surface area contributed by atoms with Crippen LogP contribution in [0, 0.1) is 5.92 Å². The summed E-state index contributed by atoms with van der Waals surface area (Å²) in [4.78, 5) is 26.7. The zero-order valence-corrected chi connectivity index (χ0v) is 25.1. The average Bonchev–Trinajstić information content (AvgIpc) is 3.68. The molecule has 2 aliphatic heterocycles. The molecule has 1 saturated heterocycles. The van der Waals surface area contributed by atoms with E-state index in [-0.39, 0.29) is 30.5 Å². The third-order valence-electron chi connectivity index (χ3n) is 8.05. The number of anilines is 1. The van der Waals surface area contributed by atoms with Crippen LogP contribution in [-0.2, 0) is 29.8 Å². The molecule has 2 fully saturated rings. The Morgan fingerprint density at radius 2 is 2.07 bits per heavy atom. The van der Waals surface area contributed by atoms with Crippen LogP contribution in [0.5, 0.6) is 5.88 Å². The van der Waals surface area contributed by atoms with E-state index in [4.69, 9.17) is 24.5 Å². The van der Waals surface area contributed by atoms with Gasteiger partial charge >= 0.3 is 12.7 Å². The van der Waals surface area contributed by atoms with Crippen molar-refractivity contribution in [2.24, 2.45) is 5.92 Å². The largest absolute Gasteiger partial charge is 0.479 e. The summed E-state index contributed by atoms with van der Waals surface area (Å²) < 4.78 is 39.3. The molecule has 6 atom stereocenters. The molecular weight excluding hydrogens is 583 g/mol. The van der Waals surface area contributed by atoms with E-state index < -0.39 is 37.2 Å². The Morgan fingerprint density at radius 3 is 2.83 bits per heavy atom. The van der Waals surface area contributed by atoms with Gasteiger partial charge in [0, 0.05) is 17.2 Å². The number of nitrogens with zero attached hydrogens (tertiary/aromatic N) is 4. The predicted molar refractivity (Wildman–Crippen MR) is 155 cm³/mol. The molecule has 0 amide bonds. The number of methoxy groups -OCH3 is 1. The number of carbonyl (C=O) groups excluding carboxylic acids is 1. The number of fused-ring (bicyclic) bond motifs is 2. The number of hydrogen-bond acceptors (Lipinski definition) is 12. The molecule has 1 aromatic carbocycles. The fourth-order valence-electron chi connectivity index (χ4n) is 5.89. The van der Waals surface area contributed by atoms with Gasteiger partial charge in [0.05, 0.1) is 26.1 Å². The summed E-state index contributed by atoms with van der Waals surface area (Å²) in [6.07, 6.45) is 3.69. The summed E-state index contributed by atoms with van der Waals surface area (Å²) in [5.41, 5.74) is 7.60. The maximum Gasteiger partial charge on any atom is 0.332 e. The second kappa shape index (κ2) is 12.1. The minimum absolute atomic E-state index is 0.0171. The van der Waals surface area contributed by atoms with E-state index in [0.717, 1.165) is 47.5 Å². The van der Waals surface area contributed by atoms with Crippen molar-refractivity contribution in [1.82, 2.24) is 24.6 Å². The van der Waals surface area contributed by atoms with E-state index in [1.165, 1.54) is 7.11 Å². The standard InChI is InChI=1S/C27H35N6O7PS/c1-3-17-22(34)19(40-25(17)33-14-29-21-23(33)30-27(28)31-24(21)37-2)13-38-41(36)32-18(26(35)39-16-9-5-6-10-16)12-15-8-4-7-11-20(15)42-41/h4,7-8,11,14,16-19,22,25,34H,3,5-6,9-10,12-13H2,1-2H3,(H,32,36)(H2,28,30,31)/t17?,18?,19-,22+,25-,41?/m1/s1. The van der Waals surface area contributed by atoms with Crippen molar-refractivity contribution in [1.29, 1.82) is 0 Å². The summed E-state index contributed by atoms with van der Waals surface area (Å²) in [5.74, 6) is -0.527. The lowest BCUT2D eigenvalue weighted by atomic mass is 9.97. The van der Waals surface area contributed by atoms with E-state index in [2.05, 4.69) is 20.0 Å². The van der Waals surface area contributed by atoms with Crippen LogP contribution in [-0.4, -0.2) is 68.7 Å². The van der Waals surface area contributed by atoms with E-state index in [0.29, 0.717) is 24.0 Å². The normalized spacial score (nSPS) is 29.8. The van der Waals surface area contributed by atoms with Gasteiger partial charge in [0.15, 0.2) is 11.2 Å². The molecule has 0 spiro atoms. The number of benzene rings is 1.